The van der Waals surface area contributed by atoms with Crippen molar-refractivity contribution in [1.29, 1.82) is 0 Å². The molecule has 0 saturated carbocycles. The third-order valence-electron chi connectivity index (χ3n) is 5.10. The zero-order valence-corrected chi connectivity index (χ0v) is 15.3. The lowest BCUT2D eigenvalue weighted by molar-refractivity contribution is -0.139. The maximum Gasteiger partial charge on any atom is 0.313 e. The van der Waals surface area contributed by atoms with Crippen LogP contribution in [0.3, 0.4) is 0 Å². The molecule has 1 aliphatic rings. The van der Waals surface area contributed by atoms with E-state index in [0.717, 1.165) is 5.56 Å². The van der Waals surface area contributed by atoms with Crippen LogP contribution in [-0.4, -0.2) is 24.1 Å². The molecule has 0 fully saturated rings. The maximum atomic E-state index is 13.4. The molecular formula is C23H19NO4. The largest absolute Gasteiger partial charge is 0.497 e. The molecule has 1 aliphatic heterocycles. The average molecular weight is 373 g/mol. The fourth-order valence-corrected chi connectivity index (χ4v) is 3.82. The van der Waals surface area contributed by atoms with E-state index in [1.807, 2.05) is 30.3 Å². The molecule has 5 heteroatoms. The zero-order valence-electron chi connectivity index (χ0n) is 15.3. The molecule has 0 unspecified atom stereocenters. The van der Waals surface area contributed by atoms with E-state index in [4.69, 9.17) is 4.74 Å². The number of hydrogen-bond acceptors (Lipinski definition) is 3. The lowest BCUT2D eigenvalue weighted by atomic mass is 9.79. The molecule has 3 aromatic carbocycles. The highest BCUT2D eigenvalue weighted by Gasteiger charge is 2.44. The molecule has 0 bridgehead atoms. The van der Waals surface area contributed by atoms with Gasteiger partial charge in [-0.1, -0.05) is 48.5 Å². The summed E-state index contributed by atoms with van der Waals surface area (Å²) in [5.74, 6) is -1.39. The predicted molar refractivity (Wildman–Crippen MR) is 106 cm³/mol. The quantitative estimate of drug-likeness (QED) is 0.742. The van der Waals surface area contributed by atoms with E-state index in [1.54, 1.807) is 60.5 Å². The standard InChI is InChI=1S/C23H19NO4/c1-28-17-13-11-16(12-14-17)24-21(15-7-3-2-4-8-15)20(23(26)27)18-9-5-6-10-19(18)22(24)25/h2-14,20-21H,1H3,(H,26,27)/t20-,21+/m0/s1. The number of anilines is 1. The molecule has 0 radical (unpaired) electrons. The summed E-state index contributed by atoms with van der Waals surface area (Å²) in [5, 5.41) is 10.1. The van der Waals surface area contributed by atoms with Gasteiger partial charge in [0.05, 0.1) is 13.2 Å². The van der Waals surface area contributed by atoms with Gasteiger partial charge in [0.15, 0.2) is 0 Å². The molecule has 0 spiro atoms. The minimum absolute atomic E-state index is 0.216. The normalized spacial score (nSPS) is 18.5. The van der Waals surface area contributed by atoms with E-state index in [1.165, 1.54) is 0 Å². The van der Waals surface area contributed by atoms with Gasteiger partial charge < -0.3 is 9.84 Å². The second kappa shape index (κ2) is 7.19. The van der Waals surface area contributed by atoms with Crippen LogP contribution in [0.5, 0.6) is 5.75 Å². The number of carboxylic acid groups (broad SMARTS) is 1. The lowest BCUT2D eigenvalue weighted by Crippen LogP contribution is -2.45. The summed E-state index contributed by atoms with van der Waals surface area (Å²) < 4.78 is 5.21. The van der Waals surface area contributed by atoms with E-state index in [0.29, 0.717) is 22.6 Å². The van der Waals surface area contributed by atoms with Crippen LogP contribution in [0, 0.1) is 0 Å². The van der Waals surface area contributed by atoms with Gasteiger partial charge in [-0.25, -0.2) is 0 Å². The number of carbonyl (C=O) groups is 2. The van der Waals surface area contributed by atoms with Gasteiger partial charge in [-0.3, -0.25) is 14.5 Å². The Kier molecular flexibility index (Phi) is 4.57. The minimum Gasteiger partial charge on any atom is -0.497 e. The van der Waals surface area contributed by atoms with Gasteiger partial charge in [-0.2, -0.15) is 0 Å². The Balaban J connectivity index is 1.95. The minimum atomic E-state index is -0.965. The number of nitrogens with zero attached hydrogens (tertiary/aromatic N) is 1. The van der Waals surface area contributed by atoms with E-state index >= 15 is 0 Å². The molecule has 3 aromatic rings. The van der Waals surface area contributed by atoms with E-state index < -0.39 is 17.9 Å². The summed E-state index contributed by atoms with van der Waals surface area (Å²) in [6.45, 7) is 0. The van der Waals surface area contributed by atoms with E-state index in [-0.39, 0.29) is 5.91 Å². The number of carboxylic acids is 1. The Bertz CT molecular complexity index is 1010. The number of amides is 1. The van der Waals surface area contributed by atoms with Crippen molar-refractivity contribution in [1.82, 2.24) is 0 Å². The van der Waals surface area contributed by atoms with Crippen LogP contribution in [0.25, 0.3) is 0 Å². The Labute approximate surface area is 162 Å². The molecular weight excluding hydrogens is 354 g/mol. The first-order chi connectivity index (χ1) is 13.6. The van der Waals surface area contributed by atoms with Gasteiger partial charge in [0.25, 0.3) is 5.91 Å². The van der Waals surface area contributed by atoms with Gasteiger partial charge in [0.1, 0.15) is 11.7 Å². The smallest absolute Gasteiger partial charge is 0.313 e. The molecule has 1 amide bonds. The maximum absolute atomic E-state index is 13.4. The van der Waals surface area contributed by atoms with Crippen LogP contribution in [0.15, 0.2) is 78.9 Å². The van der Waals surface area contributed by atoms with Crippen LogP contribution in [0.4, 0.5) is 5.69 Å². The third kappa shape index (κ3) is 2.91. The Morgan fingerprint density at radius 1 is 0.929 bits per heavy atom. The van der Waals surface area contributed by atoms with Gasteiger partial charge in [-0.15, -0.1) is 0 Å². The molecule has 28 heavy (non-hydrogen) atoms. The van der Waals surface area contributed by atoms with Gasteiger partial charge >= 0.3 is 5.97 Å². The number of ether oxygens (including phenoxy) is 1. The Morgan fingerprint density at radius 3 is 2.21 bits per heavy atom. The monoisotopic (exact) mass is 373 g/mol. The highest BCUT2D eigenvalue weighted by atomic mass is 16.5. The molecule has 2 atom stereocenters. The summed E-state index contributed by atoms with van der Waals surface area (Å²) in [5.41, 5.74) is 2.35. The summed E-state index contributed by atoms with van der Waals surface area (Å²) >= 11 is 0. The van der Waals surface area contributed by atoms with Gasteiger partial charge in [-0.05, 0) is 41.5 Å². The average Bonchev–Trinajstić information content (AvgIpc) is 2.74. The Hall–Kier alpha value is -3.60. The van der Waals surface area contributed by atoms with Crippen LogP contribution in [-0.2, 0) is 4.79 Å². The molecule has 0 aromatic heterocycles. The van der Waals surface area contributed by atoms with Crippen LogP contribution in [0.2, 0.25) is 0 Å². The fraction of sp³-hybridized carbons (Fsp3) is 0.130. The summed E-state index contributed by atoms with van der Waals surface area (Å²) in [6.07, 6.45) is 0. The van der Waals surface area contributed by atoms with Crippen molar-refractivity contribution in [3.05, 3.63) is 95.6 Å². The third-order valence-corrected chi connectivity index (χ3v) is 5.10. The van der Waals surface area contributed by atoms with Gasteiger partial charge in [0, 0.05) is 11.3 Å². The second-order valence-corrected chi connectivity index (χ2v) is 6.63. The number of rotatable bonds is 4. The topological polar surface area (TPSA) is 66.8 Å². The first kappa shape index (κ1) is 17.8. The fourth-order valence-electron chi connectivity index (χ4n) is 3.82. The van der Waals surface area contributed by atoms with Crippen molar-refractivity contribution in [2.45, 2.75) is 12.0 Å². The number of methoxy groups -OCH3 is 1. The van der Waals surface area contributed by atoms with E-state index in [9.17, 15) is 14.7 Å². The van der Waals surface area contributed by atoms with Crippen molar-refractivity contribution in [2.24, 2.45) is 0 Å². The summed E-state index contributed by atoms with van der Waals surface area (Å²) in [7, 11) is 1.57. The molecule has 0 aliphatic carbocycles. The van der Waals surface area contributed by atoms with Crippen molar-refractivity contribution < 1.29 is 19.4 Å². The molecule has 1 heterocycles. The highest BCUT2D eigenvalue weighted by Crippen LogP contribution is 2.45. The second-order valence-electron chi connectivity index (χ2n) is 6.63. The number of carbonyl (C=O) groups excluding carboxylic acids is 1. The van der Waals surface area contributed by atoms with Crippen molar-refractivity contribution in [2.75, 3.05) is 12.0 Å². The number of hydrogen-bond donors (Lipinski definition) is 1. The van der Waals surface area contributed by atoms with Crippen LogP contribution in [0.1, 0.15) is 33.4 Å². The molecule has 1 N–H and O–H groups in total. The van der Waals surface area contributed by atoms with E-state index in [2.05, 4.69) is 0 Å². The predicted octanol–water partition coefficient (Wildman–Crippen LogP) is 4.27. The van der Waals surface area contributed by atoms with Gasteiger partial charge in [0.2, 0.25) is 0 Å². The highest BCUT2D eigenvalue weighted by molar-refractivity contribution is 6.11. The summed E-state index contributed by atoms with van der Waals surface area (Å²) in [4.78, 5) is 27.3. The first-order valence-corrected chi connectivity index (χ1v) is 8.96. The van der Waals surface area contributed by atoms with Crippen molar-refractivity contribution >= 4 is 17.6 Å². The zero-order chi connectivity index (χ0) is 19.7. The van der Waals surface area contributed by atoms with Crippen LogP contribution < -0.4 is 9.64 Å². The SMILES string of the molecule is COc1ccc(N2C(=O)c3ccccc3[C@H](C(=O)O)[C@H]2c2ccccc2)cc1. The van der Waals surface area contributed by atoms with Crippen molar-refractivity contribution in [3.8, 4) is 5.75 Å². The van der Waals surface area contributed by atoms with Crippen molar-refractivity contribution in [3.63, 3.8) is 0 Å². The number of benzene rings is 3. The van der Waals surface area contributed by atoms with Crippen LogP contribution >= 0.6 is 0 Å². The molecule has 4 rings (SSSR count). The summed E-state index contributed by atoms with van der Waals surface area (Å²) in [6, 6.07) is 22.7. The lowest BCUT2D eigenvalue weighted by Gasteiger charge is -2.40. The molecule has 5 nitrogen and oxygen atoms in total. The Morgan fingerprint density at radius 2 is 1.57 bits per heavy atom. The number of aliphatic carboxylic acids is 1. The molecule has 0 saturated heterocycles. The molecule has 140 valence electrons. The number of fused-ring (bicyclic) bond motifs is 1. The first-order valence-electron chi connectivity index (χ1n) is 8.96.